The molecule has 0 saturated carbocycles. The van der Waals surface area contributed by atoms with Gasteiger partial charge in [-0.15, -0.1) is 11.3 Å². The van der Waals surface area contributed by atoms with Crippen LogP contribution in [-0.2, 0) is 4.79 Å². The highest BCUT2D eigenvalue weighted by atomic mass is 32.1. The summed E-state index contributed by atoms with van der Waals surface area (Å²) in [5, 5.41) is 10.4. The summed E-state index contributed by atoms with van der Waals surface area (Å²) in [5.74, 6) is -0.223. The van der Waals surface area contributed by atoms with Crippen LogP contribution in [0.5, 0.6) is 0 Å². The fraction of sp³-hybridized carbons (Fsp3) is 0.176. The number of hydrogen-bond acceptors (Lipinski definition) is 3. The Labute approximate surface area is 138 Å². The molecule has 0 bridgehead atoms. The zero-order valence-electron chi connectivity index (χ0n) is 12.8. The van der Waals surface area contributed by atoms with Crippen molar-refractivity contribution >= 4 is 29.0 Å². The Morgan fingerprint density at radius 3 is 2.57 bits per heavy atom. The first-order valence-corrected chi connectivity index (χ1v) is 8.13. The Balaban J connectivity index is 1.95. The minimum atomic E-state index is -0.438. The summed E-state index contributed by atoms with van der Waals surface area (Å²) in [4.78, 5) is 25.5. The van der Waals surface area contributed by atoms with Crippen LogP contribution in [0.1, 0.15) is 23.4 Å². The number of anilines is 1. The first kappa shape index (κ1) is 15.3. The highest BCUT2D eigenvalue weighted by molar-refractivity contribution is 7.10. The predicted octanol–water partition coefficient (Wildman–Crippen LogP) is 3.32. The van der Waals surface area contributed by atoms with E-state index >= 15 is 0 Å². The van der Waals surface area contributed by atoms with Crippen molar-refractivity contribution in [1.29, 1.82) is 0 Å². The second-order valence-corrected chi connectivity index (χ2v) is 6.31. The van der Waals surface area contributed by atoms with Crippen LogP contribution in [0.15, 0.2) is 53.0 Å². The largest absolute Gasteiger partial charge is 0.326 e. The van der Waals surface area contributed by atoms with E-state index in [-0.39, 0.29) is 11.9 Å². The maximum absolute atomic E-state index is 12.7. The number of amides is 3. The molecule has 0 saturated heterocycles. The maximum atomic E-state index is 12.7. The standard InChI is InChI=1S/C17H17N3O2S/c1-10-8-9-23-15(10)14-13(11(2)18-17(22)20-14)16(21)19-12-6-4-3-5-7-12/h3-9,14H,1-2H3,(H,19,21)(H2,18,20,22)/t14-/m0/s1. The van der Waals surface area contributed by atoms with Gasteiger partial charge in [0.05, 0.1) is 11.6 Å². The van der Waals surface area contributed by atoms with Gasteiger partial charge in [-0.25, -0.2) is 4.79 Å². The molecule has 1 aromatic heterocycles. The summed E-state index contributed by atoms with van der Waals surface area (Å²) in [5.41, 5.74) is 2.87. The van der Waals surface area contributed by atoms with Crippen molar-refractivity contribution in [2.75, 3.05) is 5.32 Å². The zero-order chi connectivity index (χ0) is 16.4. The summed E-state index contributed by atoms with van der Waals surface area (Å²) in [6.07, 6.45) is 0. The fourth-order valence-electron chi connectivity index (χ4n) is 2.59. The van der Waals surface area contributed by atoms with Crippen LogP contribution < -0.4 is 16.0 Å². The Hall–Kier alpha value is -2.60. The van der Waals surface area contributed by atoms with E-state index in [0.29, 0.717) is 11.3 Å². The zero-order valence-corrected chi connectivity index (χ0v) is 13.7. The van der Waals surface area contributed by atoms with Crippen LogP contribution in [0.4, 0.5) is 10.5 Å². The number of hydrogen-bond donors (Lipinski definition) is 3. The van der Waals surface area contributed by atoms with E-state index in [2.05, 4.69) is 16.0 Å². The molecule has 2 aromatic rings. The molecule has 1 aliphatic heterocycles. The van der Waals surface area contributed by atoms with Gasteiger partial charge < -0.3 is 16.0 Å². The molecule has 0 spiro atoms. The van der Waals surface area contributed by atoms with Gasteiger partial charge in [0.15, 0.2) is 0 Å². The average Bonchev–Trinajstić information content (AvgIpc) is 2.93. The van der Waals surface area contributed by atoms with E-state index in [1.165, 1.54) is 11.3 Å². The number of allylic oxidation sites excluding steroid dienone is 1. The third-order valence-corrected chi connectivity index (χ3v) is 4.79. The van der Waals surface area contributed by atoms with Crippen LogP contribution in [0, 0.1) is 6.92 Å². The second-order valence-electron chi connectivity index (χ2n) is 5.36. The molecular weight excluding hydrogens is 310 g/mol. The van der Waals surface area contributed by atoms with Gasteiger partial charge in [0, 0.05) is 16.3 Å². The number of carbonyl (C=O) groups is 2. The van der Waals surface area contributed by atoms with E-state index in [0.717, 1.165) is 16.1 Å². The highest BCUT2D eigenvalue weighted by Crippen LogP contribution is 2.33. The first-order valence-electron chi connectivity index (χ1n) is 7.25. The number of para-hydroxylation sites is 1. The maximum Gasteiger partial charge on any atom is 0.319 e. The van der Waals surface area contributed by atoms with Crippen LogP contribution in [0.2, 0.25) is 0 Å². The van der Waals surface area contributed by atoms with Gasteiger partial charge in [-0.2, -0.15) is 0 Å². The molecule has 1 aromatic carbocycles. The lowest BCUT2D eigenvalue weighted by Gasteiger charge is -2.28. The number of rotatable bonds is 3. The van der Waals surface area contributed by atoms with E-state index in [1.54, 1.807) is 6.92 Å². The Morgan fingerprint density at radius 2 is 1.91 bits per heavy atom. The summed E-state index contributed by atoms with van der Waals surface area (Å²) in [6.45, 7) is 3.72. The summed E-state index contributed by atoms with van der Waals surface area (Å²) in [6, 6.07) is 10.5. The smallest absolute Gasteiger partial charge is 0.319 e. The molecule has 0 radical (unpaired) electrons. The van der Waals surface area contributed by atoms with Gasteiger partial charge in [-0.1, -0.05) is 18.2 Å². The second kappa shape index (κ2) is 6.26. The van der Waals surface area contributed by atoms with E-state index in [1.807, 2.05) is 48.7 Å². The Bertz CT molecular complexity index is 780. The van der Waals surface area contributed by atoms with Gasteiger partial charge in [0.25, 0.3) is 5.91 Å². The normalized spacial score (nSPS) is 17.5. The summed E-state index contributed by atoms with van der Waals surface area (Å²) in [7, 11) is 0. The monoisotopic (exact) mass is 327 g/mol. The van der Waals surface area contributed by atoms with E-state index < -0.39 is 6.04 Å². The summed E-state index contributed by atoms with van der Waals surface area (Å²) < 4.78 is 0. The van der Waals surface area contributed by atoms with Gasteiger partial charge in [0.1, 0.15) is 0 Å². The topological polar surface area (TPSA) is 70.2 Å². The number of urea groups is 1. The molecule has 118 valence electrons. The van der Waals surface area contributed by atoms with Gasteiger partial charge in [0.2, 0.25) is 0 Å². The van der Waals surface area contributed by atoms with E-state index in [9.17, 15) is 9.59 Å². The van der Waals surface area contributed by atoms with Crippen LogP contribution >= 0.6 is 11.3 Å². The van der Waals surface area contributed by atoms with E-state index in [4.69, 9.17) is 0 Å². The summed E-state index contributed by atoms with van der Waals surface area (Å²) >= 11 is 1.53. The lowest BCUT2D eigenvalue weighted by Crippen LogP contribution is -2.45. The van der Waals surface area contributed by atoms with Gasteiger partial charge >= 0.3 is 6.03 Å². The molecule has 23 heavy (non-hydrogen) atoms. The number of aryl methyl sites for hydroxylation is 1. The minimum Gasteiger partial charge on any atom is -0.326 e. The molecule has 3 amide bonds. The SMILES string of the molecule is CC1=C(C(=O)Nc2ccccc2)[C@@H](c2sccc2C)NC(=O)N1. The molecule has 1 atom stereocenters. The van der Waals surface area contributed by atoms with Crippen molar-refractivity contribution in [3.63, 3.8) is 0 Å². The van der Waals surface area contributed by atoms with Crippen molar-refractivity contribution in [1.82, 2.24) is 10.6 Å². The highest BCUT2D eigenvalue weighted by Gasteiger charge is 2.32. The predicted molar refractivity (Wildman–Crippen MR) is 91.2 cm³/mol. The fourth-order valence-corrected chi connectivity index (χ4v) is 3.58. The van der Waals surface area contributed by atoms with Crippen LogP contribution in [-0.4, -0.2) is 11.9 Å². The molecule has 2 heterocycles. The van der Waals surface area contributed by atoms with Gasteiger partial charge in [-0.05, 0) is 43.0 Å². The average molecular weight is 327 g/mol. The van der Waals surface area contributed by atoms with Crippen molar-refractivity contribution in [2.45, 2.75) is 19.9 Å². The van der Waals surface area contributed by atoms with Crippen LogP contribution in [0.25, 0.3) is 0 Å². The molecule has 0 fully saturated rings. The van der Waals surface area contributed by atoms with Crippen molar-refractivity contribution in [3.05, 3.63) is 63.5 Å². The Morgan fingerprint density at radius 1 is 1.17 bits per heavy atom. The number of nitrogens with one attached hydrogen (secondary N) is 3. The van der Waals surface area contributed by atoms with Crippen molar-refractivity contribution in [2.24, 2.45) is 0 Å². The lowest BCUT2D eigenvalue weighted by atomic mass is 9.98. The van der Waals surface area contributed by atoms with Crippen molar-refractivity contribution < 1.29 is 9.59 Å². The Kier molecular flexibility index (Phi) is 4.16. The molecule has 0 aliphatic carbocycles. The third kappa shape index (κ3) is 3.12. The molecule has 3 rings (SSSR count). The number of carbonyl (C=O) groups excluding carboxylic acids is 2. The number of benzene rings is 1. The molecule has 5 nitrogen and oxygen atoms in total. The first-order chi connectivity index (χ1) is 11.1. The lowest BCUT2D eigenvalue weighted by molar-refractivity contribution is -0.113. The molecule has 3 N–H and O–H groups in total. The number of thiophene rings is 1. The quantitative estimate of drug-likeness (QED) is 0.809. The molecular formula is C17H17N3O2S. The van der Waals surface area contributed by atoms with Crippen molar-refractivity contribution in [3.8, 4) is 0 Å². The molecule has 0 unspecified atom stereocenters. The molecule has 1 aliphatic rings. The van der Waals surface area contributed by atoms with Gasteiger partial charge in [-0.3, -0.25) is 4.79 Å². The molecule has 6 heteroatoms. The third-order valence-electron chi connectivity index (χ3n) is 3.71. The van der Waals surface area contributed by atoms with Crippen LogP contribution in [0.3, 0.4) is 0 Å². The minimum absolute atomic E-state index is 0.223.